The van der Waals surface area contributed by atoms with Gasteiger partial charge in [-0.3, -0.25) is 4.79 Å². The molecule has 1 unspecified atom stereocenters. The van der Waals surface area contributed by atoms with Gasteiger partial charge in [0.1, 0.15) is 17.8 Å². The molecule has 1 aliphatic rings. The number of aromatic nitrogens is 6. The molecule has 5 heterocycles. The first kappa shape index (κ1) is 27.5. The number of aryl methyl sites for hydroxylation is 1. The van der Waals surface area contributed by atoms with Crippen molar-refractivity contribution in [2.45, 2.75) is 46.1 Å². The van der Waals surface area contributed by atoms with Crippen molar-refractivity contribution >= 4 is 22.8 Å². The molecule has 0 bridgehead atoms. The number of H-pyrrole nitrogens is 1. The highest BCUT2D eigenvalue weighted by molar-refractivity contribution is 5.94. The predicted molar refractivity (Wildman–Crippen MR) is 161 cm³/mol. The number of benzene rings is 1. The third-order valence-electron chi connectivity index (χ3n) is 7.57. The first-order valence-corrected chi connectivity index (χ1v) is 14.2. The number of nitrogens with one attached hydrogen (secondary N) is 3. The average Bonchev–Trinajstić information content (AvgIpc) is 3.66. The summed E-state index contributed by atoms with van der Waals surface area (Å²) < 4.78 is 5.21. The lowest BCUT2D eigenvalue weighted by Gasteiger charge is -2.28. The molecule has 1 fully saturated rings. The topological polar surface area (TPSA) is 138 Å². The number of amides is 1. The molecule has 6 rings (SSSR count). The number of carbonyl (C=O) groups excluding carboxylic acids is 1. The van der Waals surface area contributed by atoms with Crippen LogP contribution in [0.4, 0.5) is 5.82 Å². The molecule has 4 aromatic heterocycles. The molecule has 42 heavy (non-hydrogen) atoms. The van der Waals surface area contributed by atoms with E-state index in [4.69, 9.17) is 9.51 Å². The van der Waals surface area contributed by atoms with E-state index in [1.165, 1.54) is 0 Å². The molecular weight excluding hydrogens is 530 g/mol. The Morgan fingerprint density at radius 3 is 2.52 bits per heavy atom. The van der Waals surface area contributed by atoms with E-state index in [0.29, 0.717) is 5.82 Å². The van der Waals surface area contributed by atoms with Gasteiger partial charge in [-0.15, -0.1) is 0 Å². The van der Waals surface area contributed by atoms with Gasteiger partial charge < -0.3 is 25.0 Å². The van der Waals surface area contributed by atoms with E-state index in [2.05, 4.69) is 64.9 Å². The maximum atomic E-state index is 12.8. The molecule has 5 aromatic rings. The second-order valence-corrected chi connectivity index (χ2v) is 11.7. The van der Waals surface area contributed by atoms with Crippen molar-refractivity contribution in [2.24, 2.45) is 0 Å². The summed E-state index contributed by atoms with van der Waals surface area (Å²) in [5.74, 6) is 1.04. The van der Waals surface area contributed by atoms with E-state index < -0.39 is 5.91 Å². The molecule has 1 saturated heterocycles. The van der Waals surface area contributed by atoms with Crippen LogP contribution >= 0.6 is 0 Å². The van der Waals surface area contributed by atoms with Gasteiger partial charge in [0.05, 0.1) is 11.7 Å². The van der Waals surface area contributed by atoms with E-state index in [1.54, 1.807) is 6.33 Å². The summed E-state index contributed by atoms with van der Waals surface area (Å²) >= 11 is 0. The fourth-order valence-corrected chi connectivity index (χ4v) is 5.22. The quantitative estimate of drug-likeness (QED) is 0.270. The number of piperazine rings is 1. The Morgan fingerprint density at radius 2 is 1.83 bits per heavy atom. The minimum Gasteiger partial charge on any atom is -0.354 e. The molecule has 11 heteroatoms. The maximum absolute atomic E-state index is 12.8. The third kappa shape index (κ3) is 5.47. The molecular formula is C31H35N9O2. The van der Waals surface area contributed by atoms with Crippen LogP contribution in [0.5, 0.6) is 0 Å². The Hall–Kier alpha value is -4.64. The molecule has 0 radical (unpaired) electrons. The second-order valence-electron chi connectivity index (χ2n) is 11.7. The lowest BCUT2D eigenvalue weighted by molar-refractivity contribution is 0.0895. The van der Waals surface area contributed by atoms with Crippen LogP contribution in [0.15, 0.2) is 53.4 Å². The smallest absolute Gasteiger partial charge is 0.315 e. The molecule has 0 saturated carbocycles. The maximum Gasteiger partial charge on any atom is 0.315 e. The number of rotatable bonds is 6. The Labute approximate surface area is 244 Å². The largest absolute Gasteiger partial charge is 0.354 e. The van der Waals surface area contributed by atoms with Gasteiger partial charge in [-0.1, -0.05) is 38.1 Å². The minimum atomic E-state index is -0.401. The van der Waals surface area contributed by atoms with Crippen LogP contribution in [0, 0.1) is 6.92 Å². The monoisotopic (exact) mass is 565 g/mol. The number of aromatic amines is 1. The number of fused-ring (bicyclic) bond motifs is 1. The number of nitrogens with zero attached hydrogens (tertiary/aromatic N) is 6. The first-order chi connectivity index (χ1) is 20.2. The van der Waals surface area contributed by atoms with Gasteiger partial charge in [0.25, 0.3) is 0 Å². The standard InChI is InChI=1S/C31H35N9O2/c1-18-14-20(6-8-22(18)19(2)36-28(41)29-38-30(39-42-29)31(3,4)5)26-23-15-24(37-27(23)35-17-34-26)21-7-9-25(33-16-21)40-12-10-32-11-13-40/h6-9,14-17,19,32H,10-13H2,1-5H3,(H,36,41)(H,34,35,37). The van der Waals surface area contributed by atoms with Crippen LogP contribution in [-0.4, -0.2) is 62.2 Å². The highest BCUT2D eigenvalue weighted by Gasteiger charge is 2.25. The zero-order chi connectivity index (χ0) is 29.4. The number of anilines is 1. The van der Waals surface area contributed by atoms with Gasteiger partial charge in [-0.2, -0.15) is 4.98 Å². The Kier molecular flexibility index (Phi) is 7.19. The van der Waals surface area contributed by atoms with Gasteiger partial charge in [0.15, 0.2) is 5.82 Å². The summed E-state index contributed by atoms with van der Waals surface area (Å²) in [6.45, 7) is 13.7. The van der Waals surface area contributed by atoms with E-state index in [-0.39, 0.29) is 17.3 Å². The van der Waals surface area contributed by atoms with Gasteiger partial charge in [0, 0.05) is 60.0 Å². The molecule has 1 aliphatic heterocycles. The SMILES string of the molecule is Cc1cc(-c2ncnc3[nH]c(-c4ccc(N5CCNCC5)nc4)cc23)ccc1C(C)NC(=O)c1nc(C(C)(C)C)no1. The molecule has 1 aromatic carbocycles. The molecule has 0 spiro atoms. The molecule has 1 amide bonds. The summed E-state index contributed by atoms with van der Waals surface area (Å²) in [5, 5.41) is 11.2. The normalized spacial score (nSPS) is 14.7. The fourth-order valence-electron chi connectivity index (χ4n) is 5.22. The van der Waals surface area contributed by atoms with Crippen molar-refractivity contribution in [1.82, 2.24) is 40.7 Å². The summed E-state index contributed by atoms with van der Waals surface area (Å²) in [7, 11) is 0. The number of carbonyl (C=O) groups is 1. The van der Waals surface area contributed by atoms with Gasteiger partial charge in [-0.25, -0.2) is 15.0 Å². The van der Waals surface area contributed by atoms with Crippen LogP contribution in [0.25, 0.3) is 33.5 Å². The van der Waals surface area contributed by atoms with Gasteiger partial charge in [-0.05, 0) is 49.2 Å². The van der Waals surface area contributed by atoms with Crippen molar-refractivity contribution < 1.29 is 9.32 Å². The number of hydrogen-bond donors (Lipinski definition) is 3. The van der Waals surface area contributed by atoms with Crippen molar-refractivity contribution in [3.05, 3.63) is 71.8 Å². The van der Waals surface area contributed by atoms with Crippen molar-refractivity contribution in [1.29, 1.82) is 0 Å². The highest BCUT2D eigenvalue weighted by Crippen LogP contribution is 2.32. The third-order valence-corrected chi connectivity index (χ3v) is 7.57. The van der Waals surface area contributed by atoms with Crippen LogP contribution < -0.4 is 15.5 Å². The molecule has 216 valence electrons. The van der Waals surface area contributed by atoms with Gasteiger partial charge in [0.2, 0.25) is 0 Å². The van der Waals surface area contributed by atoms with Crippen molar-refractivity contribution in [2.75, 3.05) is 31.1 Å². The zero-order valence-electron chi connectivity index (χ0n) is 24.5. The minimum absolute atomic E-state index is 0.0404. The lowest BCUT2D eigenvalue weighted by atomic mass is 9.96. The van der Waals surface area contributed by atoms with Crippen molar-refractivity contribution in [3.8, 4) is 22.5 Å². The molecule has 0 aliphatic carbocycles. The first-order valence-electron chi connectivity index (χ1n) is 14.2. The Balaban J connectivity index is 1.21. The Bertz CT molecular complexity index is 1730. The summed E-state index contributed by atoms with van der Waals surface area (Å²) in [6, 6.07) is 12.1. The van der Waals surface area contributed by atoms with Crippen LogP contribution in [0.2, 0.25) is 0 Å². The van der Waals surface area contributed by atoms with E-state index >= 15 is 0 Å². The summed E-state index contributed by atoms with van der Waals surface area (Å²) in [6.07, 6.45) is 3.48. The fraction of sp³-hybridized carbons (Fsp3) is 0.355. The lowest BCUT2D eigenvalue weighted by Crippen LogP contribution is -2.43. The Morgan fingerprint density at radius 1 is 1.05 bits per heavy atom. The van der Waals surface area contributed by atoms with E-state index in [0.717, 1.165) is 76.7 Å². The zero-order valence-corrected chi connectivity index (χ0v) is 24.5. The molecule has 11 nitrogen and oxygen atoms in total. The molecule has 1 atom stereocenters. The van der Waals surface area contributed by atoms with Crippen LogP contribution in [-0.2, 0) is 5.41 Å². The van der Waals surface area contributed by atoms with Crippen molar-refractivity contribution in [3.63, 3.8) is 0 Å². The summed E-state index contributed by atoms with van der Waals surface area (Å²) in [4.78, 5) is 36.6. The van der Waals surface area contributed by atoms with Crippen LogP contribution in [0.3, 0.4) is 0 Å². The number of hydrogen-bond acceptors (Lipinski definition) is 9. The van der Waals surface area contributed by atoms with E-state index in [9.17, 15) is 4.79 Å². The average molecular weight is 566 g/mol. The predicted octanol–water partition coefficient (Wildman–Crippen LogP) is 4.58. The van der Waals surface area contributed by atoms with Crippen LogP contribution in [0.1, 0.15) is 61.4 Å². The van der Waals surface area contributed by atoms with Gasteiger partial charge >= 0.3 is 11.8 Å². The second kappa shape index (κ2) is 11.0. The summed E-state index contributed by atoms with van der Waals surface area (Å²) in [5.41, 5.74) is 6.19. The number of pyridine rings is 1. The highest BCUT2D eigenvalue weighted by atomic mass is 16.5. The van der Waals surface area contributed by atoms with E-state index in [1.807, 2.05) is 52.9 Å². The molecule has 3 N–H and O–H groups in total.